The van der Waals surface area contributed by atoms with E-state index in [1.807, 2.05) is 30.3 Å². The van der Waals surface area contributed by atoms with Crippen LogP contribution in [-0.4, -0.2) is 38.9 Å². The predicted octanol–water partition coefficient (Wildman–Crippen LogP) is 2.34. The molecule has 2 aromatic heterocycles. The first kappa shape index (κ1) is 19.1. The molecular formula is C22H17N3O5. The van der Waals surface area contributed by atoms with Crippen LogP contribution >= 0.6 is 0 Å². The fourth-order valence-corrected chi connectivity index (χ4v) is 3.44. The standard InChI is InChI=1S/C22H17N3O5/c1-25(11-12-5-3-2-4-6-12)21(28)15-9-23-17-13(19(15)26)7-8-14-18(17)24-10-16(20(14)27)22(29)30/h2-10H,11H2,1H3,(H,23,26)(H,24,27)(H,29,30). The van der Waals surface area contributed by atoms with Gasteiger partial charge in [0, 0.05) is 36.8 Å². The number of carboxylic acid groups (broad SMARTS) is 1. The van der Waals surface area contributed by atoms with E-state index in [9.17, 15) is 19.2 Å². The van der Waals surface area contributed by atoms with Crippen LogP contribution in [-0.2, 0) is 6.54 Å². The molecule has 4 rings (SSSR count). The van der Waals surface area contributed by atoms with Crippen molar-refractivity contribution in [2.45, 2.75) is 6.54 Å². The highest BCUT2D eigenvalue weighted by Crippen LogP contribution is 2.19. The summed E-state index contributed by atoms with van der Waals surface area (Å²) in [6, 6.07) is 12.2. The summed E-state index contributed by atoms with van der Waals surface area (Å²) in [5.74, 6) is -1.77. The van der Waals surface area contributed by atoms with Gasteiger partial charge < -0.3 is 20.0 Å². The van der Waals surface area contributed by atoms with Crippen LogP contribution in [0.5, 0.6) is 0 Å². The summed E-state index contributed by atoms with van der Waals surface area (Å²) in [4.78, 5) is 56.5. The Bertz CT molecular complexity index is 1420. The molecule has 30 heavy (non-hydrogen) atoms. The molecule has 2 aromatic carbocycles. The molecule has 0 saturated heterocycles. The maximum absolute atomic E-state index is 13.0. The molecule has 4 aromatic rings. The summed E-state index contributed by atoms with van der Waals surface area (Å²) >= 11 is 0. The number of carbonyl (C=O) groups excluding carboxylic acids is 1. The molecule has 0 aliphatic carbocycles. The molecule has 8 heteroatoms. The van der Waals surface area contributed by atoms with Crippen molar-refractivity contribution in [2.24, 2.45) is 0 Å². The number of rotatable bonds is 4. The highest BCUT2D eigenvalue weighted by atomic mass is 16.4. The van der Waals surface area contributed by atoms with E-state index in [0.717, 1.165) is 11.8 Å². The lowest BCUT2D eigenvalue weighted by atomic mass is 10.1. The van der Waals surface area contributed by atoms with Gasteiger partial charge in [0.25, 0.3) is 5.91 Å². The number of pyridine rings is 2. The van der Waals surface area contributed by atoms with Crippen molar-refractivity contribution in [3.05, 3.63) is 92.0 Å². The molecule has 0 aliphatic heterocycles. The second-order valence-electron chi connectivity index (χ2n) is 6.93. The molecule has 0 bridgehead atoms. The number of benzene rings is 2. The van der Waals surface area contributed by atoms with Crippen LogP contribution in [0.3, 0.4) is 0 Å². The van der Waals surface area contributed by atoms with E-state index in [-0.39, 0.29) is 16.3 Å². The van der Waals surface area contributed by atoms with Crippen molar-refractivity contribution >= 4 is 33.7 Å². The van der Waals surface area contributed by atoms with E-state index >= 15 is 0 Å². The van der Waals surface area contributed by atoms with Crippen LogP contribution in [0.2, 0.25) is 0 Å². The number of aromatic carboxylic acids is 1. The molecule has 3 N–H and O–H groups in total. The molecule has 8 nitrogen and oxygen atoms in total. The number of hydrogen-bond acceptors (Lipinski definition) is 4. The molecule has 1 amide bonds. The zero-order chi connectivity index (χ0) is 21.4. The second-order valence-corrected chi connectivity index (χ2v) is 6.93. The molecule has 0 fully saturated rings. The van der Waals surface area contributed by atoms with Gasteiger partial charge >= 0.3 is 5.97 Å². The predicted molar refractivity (Wildman–Crippen MR) is 112 cm³/mol. The van der Waals surface area contributed by atoms with Gasteiger partial charge in [0.05, 0.1) is 11.0 Å². The first-order chi connectivity index (χ1) is 14.4. The number of nitrogens with one attached hydrogen (secondary N) is 2. The summed E-state index contributed by atoms with van der Waals surface area (Å²) < 4.78 is 0. The third-order valence-corrected chi connectivity index (χ3v) is 4.98. The summed E-state index contributed by atoms with van der Waals surface area (Å²) in [5, 5.41) is 9.48. The van der Waals surface area contributed by atoms with Crippen LogP contribution in [0.1, 0.15) is 26.3 Å². The zero-order valence-corrected chi connectivity index (χ0v) is 15.9. The van der Waals surface area contributed by atoms with Gasteiger partial charge in [0.15, 0.2) is 0 Å². The number of amides is 1. The van der Waals surface area contributed by atoms with Gasteiger partial charge in [-0.1, -0.05) is 30.3 Å². The SMILES string of the molecule is CN(Cc1ccccc1)C(=O)c1c[nH]c2c(ccc3c(=O)c(C(=O)O)c[nH]c32)c1=O. The molecular weight excluding hydrogens is 386 g/mol. The van der Waals surface area contributed by atoms with Gasteiger partial charge in [-0.25, -0.2) is 4.79 Å². The largest absolute Gasteiger partial charge is 0.477 e. The van der Waals surface area contributed by atoms with Crippen LogP contribution in [0.15, 0.2) is 64.4 Å². The molecule has 0 aliphatic rings. The summed E-state index contributed by atoms with van der Waals surface area (Å²) in [5.41, 5.74) is 0.0252. The highest BCUT2D eigenvalue weighted by Gasteiger charge is 2.19. The van der Waals surface area contributed by atoms with E-state index in [1.165, 1.54) is 23.2 Å². The van der Waals surface area contributed by atoms with Crippen LogP contribution in [0, 0.1) is 0 Å². The third kappa shape index (κ3) is 3.14. The number of aromatic amines is 2. The molecule has 0 radical (unpaired) electrons. The molecule has 0 atom stereocenters. The van der Waals surface area contributed by atoms with Crippen LogP contribution in [0.25, 0.3) is 21.8 Å². The number of nitrogens with zero attached hydrogens (tertiary/aromatic N) is 1. The monoisotopic (exact) mass is 403 g/mol. The van der Waals surface area contributed by atoms with E-state index < -0.39 is 28.3 Å². The maximum Gasteiger partial charge on any atom is 0.341 e. The van der Waals surface area contributed by atoms with Gasteiger partial charge in [0.1, 0.15) is 11.1 Å². The summed E-state index contributed by atoms with van der Waals surface area (Å²) in [6.45, 7) is 0.347. The number of fused-ring (bicyclic) bond motifs is 3. The number of H-pyrrole nitrogens is 2. The molecule has 0 unspecified atom stereocenters. The number of aromatic nitrogens is 2. The fourth-order valence-electron chi connectivity index (χ4n) is 3.44. The Morgan fingerprint density at radius 1 is 0.867 bits per heavy atom. The Labute approximate surface area is 169 Å². The Hall–Kier alpha value is -4.20. The van der Waals surface area contributed by atoms with Gasteiger partial charge in [-0.05, 0) is 17.7 Å². The Morgan fingerprint density at radius 3 is 1.97 bits per heavy atom. The van der Waals surface area contributed by atoms with Gasteiger partial charge in [0.2, 0.25) is 10.9 Å². The Morgan fingerprint density at radius 2 is 1.40 bits per heavy atom. The highest BCUT2D eigenvalue weighted by molar-refractivity contribution is 6.06. The minimum absolute atomic E-state index is 0.0233. The lowest BCUT2D eigenvalue weighted by Gasteiger charge is -2.17. The van der Waals surface area contributed by atoms with Crippen molar-refractivity contribution in [1.82, 2.24) is 14.9 Å². The summed E-state index contributed by atoms with van der Waals surface area (Å²) in [6.07, 6.45) is 2.41. The fraction of sp³-hybridized carbons (Fsp3) is 0.0909. The molecule has 150 valence electrons. The Kier molecular flexibility index (Phi) is 4.67. The van der Waals surface area contributed by atoms with E-state index in [1.54, 1.807) is 7.05 Å². The minimum atomic E-state index is -1.34. The maximum atomic E-state index is 13.0. The van der Waals surface area contributed by atoms with Crippen molar-refractivity contribution in [1.29, 1.82) is 0 Å². The second kappa shape index (κ2) is 7.32. The smallest absolute Gasteiger partial charge is 0.341 e. The minimum Gasteiger partial charge on any atom is -0.477 e. The average molecular weight is 403 g/mol. The van der Waals surface area contributed by atoms with Gasteiger partial charge in [-0.15, -0.1) is 0 Å². The first-order valence-electron chi connectivity index (χ1n) is 9.11. The normalized spacial score (nSPS) is 11.0. The lowest BCUT2D eigenvalue weighted by Crippen LogP contribution is -2.30. The van der Waals surface area contributed by atoms with E-state index in [4.69, 9.17) is 5.11 Å². The lowest BCUT2D eigenvalue weighted by molar-refractivity contribution is 0.0694. The van der Waals surface area contributed by atoms with Crippen LogP contribution < -0.4 is 10.9 Å². The zero-order valence-electron chi connectivity index (χ0n) is 15.9. The quantitative estimate of drug-likeness (QED) is 0.451. The molecule has 2 heterocycles. The topological polar surface area (TPSA) is 123 Å². The van der Waals surface area contributed by atoms with Crippen LogP contribution in [0.4, 0.5) is 0 Å². The third-order valence-electron chi connectivity index (χ3n) is 4.98. The number of carboxylic acids is 1. The van der Waals surface area contributed by atoms with Crippen molar-refractivity contribution in [3.63, 3.8) is 0 Å². The van der Waals surface area contributed by atoms with Gasteiger partial charge in [-0.3, -0.25) is 14.4 Å². The molecule has 0 saturated carbocycles. The first-order valence-corrected chi connectivity index (χ1v) is 9.11. The van der Waals surface area contributed by atoms with E-state index in [2.05, 4.69) is 9.97 Å². The van der Waals surface area contributed by atoms with Crippen molar-refractivity contribution in [3.8, 4) is 0 Å². The number of hydrogen-bond donors (Lipinski definition) is 3. The average Bonchev–Trinajstić information content (AvgIpc) is 2.74. The van der Waals surface area contributed by atoms with Crippen molar-refractivity contribution in [2.75, 3.05) is 7.05 Å². The van der Waals surface area contributed by atoms with E-state index in [0.29, 0.717) is 17.6 Å². The van der Waals surface area contributed by atoms with Gasteiger partial charge in [-0.2, -0.15) is 0 Å². The molecule has 0 spiro atoms. The number of carbonyl (C=O) groups is 2. The van der Waals surface area contributed by atoms with Crippen molar-refractivity contribution < 1.29 is 14.7 Å². The summed E-state index contributed by atoms with van der Waals surface area (Å²) in [7, 11) is 1.62. The Balaban J connectivity index is 1.79.